The van der Waals surface area contributed by atoms with Crippen LogP contribution in [-0.2, 0) is 0 Å². The zero-order valence-corrected chi connectivity index (χ0v) is 9.21. The fraction of sp³-hybridized carbons (Fsp3) is 1.00. The van der Waals surface area contributed by atoms with Gasteiger partial charge in [0, 0.05) is 6.54 Å². The highest BCUT2D eigenvalue weighted by Gasteiger charge is 2.20. The number of nitrogens with zero attached hydrogens (tertiary/aromatic N) is 1. The predicted octanol–water partition coefficient (Wildman–Crippen LogP) is 1.88. The predicted molar refractivity (Wildman–Crippen MR) is 55.8 cm³/mol. The van der Waals surface area contributed by atoms with Gasteiger partial charge in [-0.25, -0.2) is 0 Å². The maximum absolute atomic E-state index is 9.60. The Bertz CT molecular complexity index is 151. The van der Waals surface area contributed by atoms with Gasteiger partial charge >= 0.3 is 0 Å². The fourth-order valence-electron chi connectivity index (χ4n) is 2.07. The average Bonchev–Trinajstić information content (AvgIpc) is 2.00. The van der Waals surface area contributed by atoms with Gasteiger partial charge in [0.1, 0.15) is 0 Å². The van der Waals surface area contributed by atoms with Crippen LogP contribution in [0.4, 0.5) is 0 Å². The van der Waals surface area contributed by atoms with Crippen molar-refractivity contribution in [3.8, 4) is 0 Å². The van der Waals surface area contributed by atoms with Crippen LogP contribution in [0.5, 0.6) is 0 Å². The minimum absolute atomic E-state index is 0.476. The minimum atomic E-state index is -0.476. The molecule has 1 aliphatic rings. The Kier molecular flexibility index (Phi) is 3.74. The van der Waals surface area contributed by atoms with Crippen molar-refractivity contribution in [2.75, 3.05) is 20.1 Å². The van der Waals surface area contributed by atoms with Crippen LogP contribution in [0.2, 0.25) is 0 Å². The van der Waals surface area contributed by atoms with E-state index < -0.39 is 5.60 Å². The Morgan fingerprint density at radius 2 is 2.15 bits per heavy atom. The first-order chi connectivity index (χ1) is 5.97. The smallest absolute Gasteiger partial charge is 0.0591 e. The largest absolute Gasteiger partial charge is 0.390 e. The molecule has 1 heterocycles. The zero-order chi connectivity index (χ0) is 9.90. The maximum Gasteiger partial charge on any atom is 0.0591 e. The molecule has 1 unspecified atom stereocenters. The quantitative estimate of drug-likeness (QED) is 0.725. The van der Waals surface area contributed by atoms with Gasteiger partial charge in [-0.3, -0.25) is 0 Å². The van der Waals surface area contributed by atoms with Crippen molar-refractivity contribution in [2.24, 2.45) is 5.92 Å². The number of hydrogen-bond donors (Lipinski definition) is 1. The molecule has 78 valence electrons. The van der Waals surface area contributed by atoms with Crippen molar-refractivity contribution < 1.29 is 5.11 Å². The Morgan fingerprint density at radius 3 is 2.69 bits per heavy atom. The highest BCUT2D eigenvalue weighted by atomic mass is 16.3. The summed E-state index contributed by atoms with van der Waals surface area (Å²) in [6.45, 7) is 6.27. The molecule has 2 heteroatoms. The number of aliphatic hydroxyl groups is 1. The summed E-state index contributed by atoms with van der Waals surface area (Å²) in [7, 11) is 2.19. The van der Waals surface area contributed by atoms with E-state index in [1.807, 2.05) is 13.8 Å². The standard InChI is InChI=1S/C11H23NO/c1-11(2,13)7-6-10-5-4-8-12(3)9-10/h10,13H,4-9H2,1-3H3. The molecule has 13 heavy (non-hydrogen) atoms. The summed E-state index contributed by atoms with van der Waals surface area (Å²) < 4.78 is 0. The fourth-order valence-corrected chi connectivity index (χ4v) is 2.07. The first-order valence-corrected chi connectivity index (χ1v) is 5.38. The van der Waals surface area contributed by atoms with Crippen molar-refractivity contribution in [2.45, 2.75) is 45.1 Å². The lowest BCUT2D eigenvalue weighted by Gasteiger charge is -2.31. The Labute approximate surface area is 81.9 Å². The molecule has 0 spiro atoms. The highest BCUT2D eigenvalue weighted by molar-refractivity contribution is 4.74. The van der Waals surface area contributed by atoms with Gasteiger partial charge in [0.25, 0.3) is 0 Å². The van der Waals surface area contributed by atoms with Crippen LogP contribution in [0.15, 0.2) is 0 Å². The van der Waals surface area contributed by atoms with E-state index in [0.717, 1.165) is 12.3 Å². The molecule has 0 amide bonds. The van der Waals surface area contributed by atoms with E-state index in [0.29, 0.717) is 0 Å². The molecule has 0 bridgehead atoms. The first kappa shape index (κ1) is 11.0. The van der Waals surface area contributed by atoms with E-state index in [2.05, 4.69) is 11.9 Å². The molecule has 1 atom stereocenters. The van der Waals surface area contributed by atoms with Crippen molar-refractivity contribution in [3.63, 3.8) is 0 Å². The monoisotopic (exact) mass is 185 g/mol. The SMILES string of the molecule is CN1CCCC(CCC(C)(C)O)C1. The zero-order valence-electron chi connectivity index (χ0n) is 9.21. The van der Waals surface area contributed by atoms with Crippen LogP contribution in [-0.4, -0.2) is 35.7 Å². The summed E-state index contributed by atoms with van der Waals surface area (Å²) in [4.78, 5) is 2.40. The maximum atomic E-state index is 9.60. The molecule has 0 aliphatic carbocycles. The molecular formula is C11H23NO. The van der Waals surface area contributed by atoms with E-state index in [1.165, 1.54) is 32.4 Å². The molecule has 0 aromatic rings. The molecule has 0 saturated carbocycles. The van der Waals surface area contributed by atoms with Crippen LogP contribution in [0.1, 0.15) is 39.5 Å². The summed E-state index contributed by atoms with van der Waals surface area (Å²) >= 11 is 0. The van der Waals surface area contributed by atoms with Crippen molar-refractivity contribution >= 4 is 0 Å². The van der Waals surface area contributed by atoms with Crippen molar-refractivity contribution in [1.29, 1.82) is 0 Å². The van der Waals surface area contributed by atoms with Crippen molar-refractivity contribution in [3.05, 3.63) is 0 Å². The molecule has 1 N–H and O–H groups in total. The lowest BCUT2D eigenvalue weighted by Crippen LogP contribution is -2.33. The summed E-state index contributed by atoms with van der Waals surface area (Å²) in [6.07, 6.45) is 4.78. The molecular weight excluding hydrogens is 162 g/mol. The number of rotatable bonds is 3. The molecule has 2 nitrogen and oxygen atoms in total. The summed E-state index contributed by atoms with van der Waals surface area (Å²) in [5.74, 6) is 0.810. The van der Waals surface area contributed by atoms with Gasteiger partial charge in [0.05, 0.1) is 5.60 Å². The second-order valence-electron chi connectivity index (χ2n) is 5.12. The van der Waals surface area contributed by atoms with E-state index >= 15 is 0 Å². The van der Waals surface area contributed by atoms with Gasteiger partial charge in [-0.05, 0) is 59.0 Å². The summed E-state index contributed by atoms with van der Waals surface area (Å²) in [5, 5.41) is 9.60. The van der Waals surface area contributed by atoms with Crippen LogP contribution in [0, 0.1) is 5.92 Å². The molecule has 1 saturated heterocycles. The lowest BCUT2D eigenvalue weighted by atomic mass is 9.89. The number of hydrogen-bond acceptors (Lipinski definition) is 2. The number of piperidine rings is 1. The Balaban J connectivity index is 2.21. The normalized spacial score (nSPS) is 26.3. The molecule has 1 fully saturated rings. The molecule has 0 aromatic heterocycles. The third kappa shape index (κ3) is 4.63. The second-order valence-corrected chi connectivity index (χ2v) is 5.12. The van der Waals surface area contributed by atoms with E-state index in [9.17, 15) is 5.11 Å². The highest BCUT2D eigenvalue weighted by Crippen LogP contribution is 2.23. The van der Waals surface area contributed by atoms with Gasteiger partial charge in [-0.1, -0.05) is 0 Å². The third-order valence-electron chi connectivity index (χ3n) is 2.89. The van der Waals surface area contributed by atoms with E-state index in [-0.39, 0.29) is 0 Å². The first-order valence-electron chi connectivity index (χ1n) is 5.38. The topological polar surface area (TPSA) is 23.5 Å². The van der Waals surface area contributed by atoms with E-state index in [4.69, 9.17) is 0 Å². The Morgan fingerprint density at radius 1 is 1.46 bits per heavy atom. The minimum Gasteiger partial charge on any atom is -0.390 e. The molecule has 0 aromatic carbocycles. The summed E-state index contributed by atoms with van der Waals surface area (Å²) in [6, 6.07) is 0. The van der Waals surface area contributed by atoms with Gasteiger partial charge in [0.2, 0.25) is 0 Å². The second kappa shape index (κ2) is 4.43. The van der Waals surface area contributed by atoms with Gasteiger partial charge in [-0.15, -0.1) is 0 Å². The van der Waals surface area contributed by atoms with Crippen LogP contribution in [0.25, 0.3) is 0 Å². The third-order valence-corrected chi connectivity index (χ3v) is 2.89. The Hall–Kier alpha value is -0.0800. The lowest BCUT2D eigenvalue weighted by molar-refractivity contribution is 0.0579. The average molecular weight is 185 g/mol. The van der Waals surface area contributed by atoms with Crippen molar-refractivity contribution in [1.82, 2.24) is 4.90 Å². The van der Waals surface area contributed by atoms with Crippen LogP contribution < -0.4 is 0 Å². The molecule has 0 radical (unpaired) electrons. The van der Waals surface area contributed by atoms with Gasteiger partial charge < -0.3 is 10.0 Å². The molecule has 1 aliphatic heterocycles. The van der Waals surface area contributed by atoms with Crippen LogP contribution >= 0.6 is 0 Å². The van der Waals surface area contributed by atoms with E-state index in [1.54, 1.807) is 0 Å². The summed E-state index contributed by atoms with van der Waals surface area (Å²) in [5.41, 5.74) is -0.476. The van der Waals surface area contributed by atoms with Gasteiger partial charge in [0.15, 0.2) is 0 Å². The molecule has 1 rings (SSSR count). The van der Waals surface area contributed by atoms with Crippen LogP contribution in [0.3, 0.4) is 0 Å². The van der Waals surface area contributed by atoms with Gasteiger partial charge in [-0.2, -0.15) is 0 Å². The number of likely N-dealkylation sites (tertiary alicyclic amines) is 1.